The summed E-state index contributed by atoms with van der Waals surface area (Å²) in [4.78, 5) is 10.4. The first-order valence-corrected chi connectivity index (χ1v) is 16.0. The van der Waals surface area contributed by atoms with Crippen LogP contribution < -0.4 is 0 Å². The minimum Gasteiger partial charge on any atom is -0.459 e. The number of hydrogen-bond donors (Lipinski definition) is 0. The summed E-state index contributed by atoms with van der Waals surface area (Å²) in [6.45, 7) is 0. The summed E-state index contributed by atoms with van der Waals surface area (Å²) in [6.07, 6.45) is 5.13. The van der Waals surface area contributed by atoms with Gasteiger partial charge in [-0.3, -0.25) is 0 Å². The lowest BCUT2D eigenvalue weighted by Crippen LogP contribution is -1.95. The number of rotatable bonds is 2. The fourth-order valence-electron chi connectivity index (χ4n) is 7.79. The van der Waals surface area contributed by atoms with E-state index in [-0.39, 0.29) is 0 Å². The molecule has 0 bridgehead atoms. The Hall–Kier alpha value is -6.26. The quantitative estimate of drug-likeness (QED) is 0.185. The Balaban J connectivity index is 1.30. The van der Waals surface area contributed by atoms with Gasteiger partial charge in [-0.15, -0.1) is 0 Å². The molecule has 0 radical (unpaired) electrons. The molecule has 0 fully saturated rings. The van der Waals surface area contributed by atoms with Crippen LogP contribution in [0.15, 0.2) is 136 Å². The van der Waals surface area contributed by atoms with E-state index < -0.39 is 0 Å². The average Bonchev–Trinajstić information content (AvgIpc) is 3.62. The van der Waals surface area contributed by atoms with Crippen LogP contribution in [0.25, 0.3) is 105 Å². The zero-order valence-electron chi connectivity index (χ0n) is 25.1. The highest BCUT2D eigenvalue weighted by Gasteiger charge is 2.26. The molecule has 1 aliphatic carbocycles. The molecule has 47 heavy (non-hydrogen) atoms. The number of para-hydroxylation sites is 2. The van der Waals surface area contributed by atoms with E-state index in [4.69, 9.17) is 18.8 Å². The summed E-state index contributed by atoms with van der Waals surface area (Å²) < 4.78 is 13.6. The third kappa shape index (κ3) is 3.42. The maximum Gasteiger partial charge on any atom is 0.143 e. The van der Waals surface area contributed by atoms with Crippen molar-refractivity contribution in [2.45, 2.75) is 6.42 Å². The van der Waals surface area contributed by atoms with E-state index in [2.05, 4.69) is 103 Å². The van der Waals surface area contributed by atoms with Crippen LogP contribution >= 0.6 is 0 Å². The Labute approximate surface area is 268 Å². The van der Waals surface area contributed by atoms with Gasteiger partial charge in [-0.25, -0.2) is 9.97 Å². The topological polar surface area (TPSA) is 52.1 Å². The van der Waals surface area contributed by atoms with Crippen molar-refractivity contribution in [2.24, 2.45) is 0 Å². The maximum atomic E-state index is 6.94. The highest BCUT2D eigenvalue weighted by molar-refractivity contribution is 6.38. The van der Waals surface area contributed by atoms with Gasteiger partial charge in [-0.2, -0.15) is 0 Å². The molecule has 0 unspecified atom stereocenters. The Kier molecular flexibility index (Phi) is 4.86. The number of hydrogen-bond acceptors (Lipinski definition) is 4. The Morgan fingerprint density at radius 1 is 0.511 bits per heavy atom. The first-order chi connectivity index (χ1) is 23.3. The second kappa shape index (κ2) is 9.15. The van der Waals surface area contributed by atoms with Crippen LogP contribution in [0, 0.1) is 0 Å². The maximum absolute atomic E-state index is 6.94. The molecule has 1 aliphatic rings. The summed E-state index contributed by atoms with van der Waals surface area (Å²) in [6, 6.07) is 42.2. The molecule has 0 aliphatic heterocycles. The molecule has 3 heterocycles. The van der Waals surface area contributed by atoms with Gasteiger partial charge < -0.3 is 8.83 Å². The van der Waals surface area contributed by atoms with Gasteiger partial charge in [0.05, 0.1) is 22.4 Å². The molecule has 4 heteroatoms. The standard InChI is InChI=1S/C43H24N2O2/c1-2-11-25(12-3-1)41-42(45-33-17-7-6-16-32(33)44-41)26-20-21-28-29-15-9-19-35-38(29)40-36(46-35)23-31-37-27-14-5-4-10-24(27)13-8-18-34(37)47-43(31)39(40)30(28)22-26/h1-17,19-23H,18H2. The van der Waals surface area contributed by atoms with Crippen LogP contribution in [-0.2, 0) is 6.42 Å². The van der Waals surface area contributed by atoms with Crippen molar-refractivity contribution in [3.63, 3.8) is 0 Å². The van der Waals surface area contributed by atoms with Crippen molar-refractivity contribution in [1.82, 2.24) is 9.97 Å². The van der Waals surface area contributed by atoms with E-state index in [1.807, 2.05) is 30.3 Å². The van der Waals surface area contributed by atoms with Crippen molar-refractivity contribution in [3.05, 3.63) is 139 Å². The highest BCUT2D eigenvalue weighted by atomic mass is 16.3. The summed E-state index contributed by atoms with van der Waals surface area (Å²) in [5.74, 6) is 0.977. The number of nitrogens with zero attached hydrogens (tertiary/aromatic N) is 2. The zero-order chi connectivity index (χ0) is 30.6. The Morgan fingerprint density at radius 3 is 2.17 bits per heavy atom. The SMILES string of the molecule is C1=Cc2ccccc2-c2c(oc3c2cc2oc4cccc5c6ccc(-c7nc8ccccc8nc7-c7ccccc7)cc6c3c2c45)C1. The summed E-state index contributed by atoms with van der Waals surface area (Å²) in [7, 11) is 0. The Morgan fingerprint density at radius 2 is 1.30 bits per heavy atom. The van der Waals surface area contributed by atoms with E-state index in [1.165, 1.54) is 16.5 Å². The van der Waals surface area contributed by atoms with E-state index >= 15 is 0 Å². The molecule has 0 N–H and O–H groups in total. The summed E-state index contributed by atoms with van der Waals surface area (Å²) in [5, 5.41) is 7.84. The molecule has 3 aromatic heterocycles. The van der Waals surface area contributed by atoms with E-state index in [1.54, 1.807) is 0 Å². The predicted molar refractivity (Wildman–Crippen MR) is 192 cm³/mol. The second-order valence-corrected chi connectivity index (χ2v) is 12.4. The summed E-state index contributed by atoms with van der Waals surface area (Å²) >= 11 is 0. The number of allylic oxidation sites excluding steroid dienone is 1. The lowest BCUT2D eigenvalue weighted by molar-refractivity contribution is 0.570. The van der Waals surface area contributed by atoms with Gasteiger partial charge in [-0.1, -0.05) is 103 Å². The van der Waals surface area contributed by atoms with Gasteiger partial charge in [0.15, 0.2) is 0 Å². The van der Waals surface area contributed by atoms with Crippen LogP contribution in [-0.4, -0.2) is 9.97 Å². The lowest BCUT2D eigenvalue weighted by atomic mass is 9.90. The molecule has 4 nitrogen and oxygen atoms in total. The molecule has 0 spiro atoms. The molecular weight excluding hydrogens is 576 g/mol. The number of benzene rings is 7. The van der Waals surface area contributed by atoms with Crippen LogP contribution in [0.2, 0.25) is 0 Å². The predicted octanol–water partition coefficient (Wildman–Crippen LogP) is 11.6. The molecule has 218 valence electrons. The largest absolute Gasteiger partial charge is 0.459 e. The van der Waals surface area contributed by atoms with Gasteiger partial charge in [0, 0.05) is 44.7 Å². The molecule has 11 rings (SSSR count). The zero-order valence-corrected chi connectivity index (χ0v) is 25.1. The van der Waals surface area contributed by atoms with E-state index in [9.17, 15) is 0 Å². The minimum atomic E-state index is 0.728. The number of fused-ring (bicyclic) bond motifs is 10. The molecule has 0 amide bonds. The molecule has 7 aromatic carbocycles. The third-order valence-corrected chi connectivity index (χ3v) is 9.81. The van der Waals surface area contributed by atoms with E-state index in [0.29, 0.717) is 0 Å². The average molecular weight is 601 g/mol. The lowest BCUT2D eigenvalue weighted by Gasteiger charge is -2.13. The van der Waals surface area contributed by atoms with Crippen molar-refractivity contribution in [2.75, 3.05) is 0 Å². The first kappa shape index (κ1) is 25.0. The number of furan rings is 2. The van der Waals surface area contributed by atoms with Gasteiger partial charge in [0.2, 0.25) is 0 Å². The van der Waals surface area contributed by atoms with Crippen LogP contribution in [0.3, 0.4) is 0 Å². The molecule has 10 aromatic rings. The van der Waals surface area contributed by atoms with Crippen LogP contribution in [0.5, 0.6) is 0 Å². The van der Waals surface area contributed by atoms with Crippen LogP contribution in [0.4, 0.5) is 0 Å². The minimum absolute atomic E-state index is 0.728. The summed E-state index contributed by atoms with van der Waals surface area (Å²) in [5.41, 5.74) is 11.7. The second-order valence-electron chi connectivity index (χ2n) is 12.4. The van der Waals surface area contributed by atoms with Crippen molar-refractivity contribution >= 4 is 71.6 Å². The van der Waals surface area contributed by atoms with Gasteiger partial charge in [-0.05, 0) is 57.6 Å². The normalized spacial score (nSPS) is 12.9. The molecule has 0 saturated carbocycles. The monoisotopic (exact) mass is 600 g/mol. The molecule has 0 atom stereocenters. The van der Waals surface area contributed by atoms with E-state index in [0.717, 1.165) is 100 Å². The fraction of sp³-hybridized carbons (Fsp3) is 0.0233. The Bertz CT molecular complexity index is 2930. The third-order valence-electron chi connectivity index (χ3n) is 9.81. The van der Waals surface area contributed by atoms with Gasteiger partial charge in [0.25, 0.3) is 0 Å². The smallest absolute Gasteiger partial charge is 0.143 e. The van der Waals surface area contributed by atoms with Crippen LogP contribution in [0.1, 0.15) is 11.3 Å². The van der Waals surface area contributed by atoms with Gasteiger partial charge >= 0.3 is 0 Å². The van der Waals surface area contributed by atoms with Crippen molar-refractivity contribution in [3.8, 4) is 33.6 Å². The first-order valence-electron chi connectivity index (χ1n) is 16.0. The van der Waals surface area contributed by atoms with Crippen molar-refractivity contribution < 1.29 is 8.83 Å². The van der Waals surface area contributed by atoms with Crippen molar-refractivity contribution in [1.29, 1.82) is 0 Å². The molecular formula is C43H24N2O2. The number of aromatic nitrogens is 2. The molecule has 0 saturated heterocycles. The fourth-order valence-corrected chi connectivity index (χ4v) is 7.79. The highest BCUT2D eigenvalue weighted by Crippen LogP contribution is 2.50. The van der Waals surface area contributed by atoms with Gasteiger partial charge in [0.1, 0.15) is 22.5 Å².